The van der Waals surface area contributed by atoms with E-state index in [9.17, 15) is 0 Å². The van der Waals surface area contributed by atoms with Crippen molar-refractivity contribution in [2.24, 2.45) is 0 Å². The van der Waals surface area contributed by atoms with Gasteiger partial charge in [-0.25, -0.2) is 0 Å². The molecule has 0 saturated heterocycles. The normalized spacial score (nSPS) is 9.12. The Bertz CT molecular complexity index is 403. The van der Waals surface area contributed by atoms with Crippen LogP contribution in [-0.4, -0.2) is 10.2 Å². The van der Waals surface area contributed by atoms with Gasteiger partial charge in [-0.2, -0.15) is 0 Å². The van der Waals surface area contributed by atoms with Gasteiger partial charge in [0.25, 0.3) is 0 Å². The van der Waals surface area contributed by atoms with Crippen LogP contribution >= 0.6 is 23.2 Å². The molecule has 0 aromatic heterocycles. The first-order valence-corrected chi connectivity index (χ1v) is 5.22. The second kappa shape index (κ2) is 6.26. The molecule has 2 N–H and O–H groups in total. The zero-order valence-electron chi connectivity index (χ0n) is 8.27. The predicted molar refractivity (Wildman–Crippen MR) is 66.2 cm³/mol. The van der Waals surface area contributed by atoms with E-state index in [4.69, 9.17) is 33.4 Å². The molecule has 0 aliphatic rings. The molecule has 0 bridgehead atoms. The fourth-order valence-corrected chi connectivity index (χ4v) is 1.23. The molecule has 2 aromatic rings. The minimum absolute atomic E-state index is 0.206. The van der Waals surface area contributed by atoms with Crippen molar-refractivity contribution in [3.05, 3.63) is 58.6 Å². The van der Waals surface area contributed by atoms with Crippen molar-refractivity contribution in [2.45, 2.75) is 0 Å². The molecule has 0 amide bonds. The second-order valence-electron chi connectivity index (χ2n) is 2.96. The molecule has 0 saturated carbocycles. The lowest BCUT2D eigenvalue weighted by Gasteiger charge is -1.88. The van der Waals surface area contributed by atoms with Crippen molar-refractivity contribution < 1.29 is 10.2 Å². The maximum absolute atomic E-state index is 8.73. The molecular weight excluding hydrogens is 247 g/mol. The number of benzene rings is 2. The Morgan fingerprint density at radius 2 is 1.31 bits per heavy atom. The van der Waals surface area contributed by atoms with Gasteiger partial charge in [-0.1, -0.05) is 29.3 Å². The van der Waals surface area contributed by atoms with Crippen LogP contribution in [-0.2, 0) is 0 Å². The standard InChI is InChI=1S/2C6H5ClO/c7-5-1-3-6(8)4-2-5;7-5-2-1-3-6(8)4-5/h2*1-4,8H. The van der Waals surface area contributed by atoms with Crippen LogP contribution in [0.25, 0.3) is 0 Å². The van der Waals surface area contributed by atoms with Crippen molar-refractivity contribution >= 4 is 23.2 Å². The maximum Gasteiger partial charge on any atom is 0.117 e. The van der Waals surface area contributed by atoms with Crippen LogP contribution in [0.5, 0.6) is 11.5 Å². The predicted octanol–water partition coefficient (Wildman–Crippen LogP) is 4.09. The van der Waals surface area contributed by atoms with Gasteiger partial charge in [-0.3, -0.25) is 0 Å². The molecule has 16 heavy (non-hydrogen) atoms. The highest BCUT2D eigenvalue weighted by molar-refractivity contribution is 6.30. The molecule has 84 valence electrons. The van der Waals surface area contributed by atoms with E-state index in [0.29, 0.717) is 10.0 Å². The van der Waals surface area contributed by atoms with Gasteiger partial charge in [-0.05, 0) is 42.5 Å². The van der Waals surface area contributed by atoms with E-state index < -0.39 is 0 Å². The Labute approximate surface area is 104 Å². The van der Waals surface area contributed by atoms with Gasteiger partial charge in [0.2, 0.25) is 0 Å². The third-order valence-corrected chi connectivity index (χ3v) is 2.12. The van der Waals surface area contributed by atoms with Crippen molar-refractivity contribution in [1.82, 2.24) is 0 Å². The fourth-order valence-electron chi connectivity index (χ4n) is 0.917. The second-order valence-corrected chi connectivity index (χ2v) is 3.83. The number of phenols is 2. The van der Waals surface area contributed by atoms with Gasteiger partial charge in [-0.15, -0.1) is 0 Å². The highest BCUT2D eigenvalue weighted by Gasteiger charge is 1.85. The molecule has 0 radical (unpaired) electrons. The van der Waals surface area contributed by atoms with Gasteiger partial charge < -0.3 is 10.2 Å². The van der Waals surface area contributed by atoms with E-state index in [0.717, 1.165) is 0 Å². The van der Waals surface area contributed by atoms with Crippen LogP contribution in [0, 0.1) is 0 Å². The van der Waals surface area contributed by atoms with Crippen molar-refractivity contribution in [2.75, 3.05) is 0 Å². The number of rotatable bonds is 0. The molecule has 2 aromatic carbocycles. The van der Waals surface area contributed by atoms with Gasteiger partial charge >= 0.3 is 0 Å². The van der Waals surface area contributed by atoms with E-state index in [1.54, 1.807) is 42.5 Å². The first kappa shape index (κ1) is 12.7. The summed E-state index contributed by atoms with van der Waals surface area (Å²) >= 11 is 11.0. The number of phenolic OH excluding ortho intramolecular Hbond substituents is 2. The van der Waals surface area contributed by atoms with E-state index in [-0.39, 0.29) is 11.5 Å². The maximum atomic E-state index is 8.73. The minimum Gasteiger partial charge on any atom is -0.508 e. The van der Waals surface area contributed by atoms with Gasteiger partial charge in [0, 0.05) is 10.0 Å². The molecule has 2 nitrogen and oxygen atoms in total. The Kier molecular flexibility index (Phi) is 4.96. The average molecular weight is 257 g/mol. The van der Waals surface area contributed by atoms with Gasteiger partial charge in [0.15, 0.2) is 0 Å². The summed E-state index contributed by atoms with van der Waals surface area (Å²) < 4.78 is 0. The summed E-state index contributed by atoms with van der Waals surface area (Å²) in [6, 6.07) is 12.8. The van der Waals surface area contributed by atoms with Gasteiger partial charge in [0.05, 0.1) is 0 Å². The summed E-state index contributed by atoms with van der Waals surface area (Å²) in [7, 11) is 0. The fraction of sp³-hybridized carbons (Fsp3) is 0. The first-order chi connectivity index (χ1) is 7.58. The molecular formula is C12H10Cl2O2. The van der Waals surface area contributed by atoms with E-state index in [1.165, 1.54) is 6.07 Å². The van der Waals surface area contributed by atoms with E-state index >= 15 is 0 Å². The number of aromatic hydroxyl groups is 2. The molecule has 0 aliphatic heterocycles. The molecule has 0 spiro atoms. The SMILES string of the molecule is Oc1ccc(Cl)cc1.Oc1cccc(Cl)c1. The third kappa shape index (κ3) is 4.91. The van der Waals surface area contributed by atoms with Crippen LogP contribution in [0.15, 0.2) is 48.5 Å². The van der Waals surface area contributed by atoms with Crippen LogP contribution < -0.4 is 0 Å². The molecule has 0 aliphatic carbocycles. The zero-order valence-corrected chi connectivity index (χ0v) is 9.78. The largest absolute Gasteiger partial charge is 0.508 e. The number of hydrogen-bond donors (Lipinski definition) is 2. The number of halogens is 2. The first-order valence-electron chi connectivity index (χ1n) is 4.47. The minimum atomic E-state index is 0.206. The molecule has 2 rings (SSSR count). The number of hydrogen-bond acceptors (Lipinski definition) is 2. The summed E-state index contributed by atoms with van der Waals surface area (Å²) in [6.45, 7) is 0. The Balaban J connectivity index is 0.000000160. The lowest BCUT2D eigenvalue weighted by molar-refractivity contribution is 0.475. The summed E-state index contributed by atoms with van der Waals surface area (Å²) in [6.07, 6.45) is 0. The van der Waals surface area contributed by atoms with Crippen molar-refractivity contribution in [3.8, 4) is 11.5 Å². The smallest absolute Gasteiger partial charge is 0.117 e. The van der Waals surface area contributed by atoms with Crippen molar-refractivity contribution in [1.29, 1.82) is 0 Å². The molecule has 4 heteroatoms. The Morgan fingerprint density at radius 1 is 0.688 bits per heavy atom. The topological polar surface area (TPSA) is 40.5 Å². The summed E-state index contributed by atoms with van der Waals surface area (Å²) in [5, 5.41) is 18.6. The van der Waals surface area contributed by atoms with Crippen molar-refractivity contribution in [3.63, 3.8) is 0 Å². The summed E-state index contributed by atoms with van der Waals surface area (Å²) in [5.74, 6) is 0.451. The quantitative estimate of drug-likeness (QED) is 0.746. The van der Waals surface area contributed by atoms with Crippen LogP contribution in [0.2, 0.25) is 10.0 Å². The molecule has 0 fully saturated rings. The monoisotopic (exact) mass is 256 g/mol. The molecule has 0 unspecified atom stereocenters. The highest BCUT2D eigenvalue weighted by Crippen LogP contribution is 2.14. The summed E-state index contributed by atoms with van der Waals surface area (Å²) in [4.78, 5) is 0. The third-order valence-electron chi connectivity index (χ3n) is 1.63. The van der Waals surface area contributed by atoms with E-state index in [1.807, 2.05) is 0 Å². The van der Waals surface area contributed by atoms with Crippen LogP contribution in [0.1, 0.15) is 0 Å². The molecule has 0 heterocycles. The highest BCUT2D eigenvalue weighted by atomic mass is 35.5. The van der Waals surface area contributed by atoms with Gasteiger partial charge in [0.1, 0.15) is 11.5 Å². The lowest BCUT2D eigenvalue weighted by atomic mass is 10.3. The van der Waals surface area contributed by atoms with E-state index in [2.05, 4.69) is 0 Å². The Hall–Kier alpha value is -1.38. The molecule has 0 atom stereocenters. The lowest BCUT2D eigenvalue weighted by Crippen LogP contribution is -1.61. The zero-order chi connectivity index (χ0) is 12.0. The Morgan fingerprint density at radius 3 is 1.69 bits per heavy atom. The average Bonchev–Trinajstić information content (AvgIpc) is 2.23. The van der Waals surface area contributed by atoms with Crippen LogP contribution in [0.3, 0.4) is 0 Å². The van der Waals surface area contributed by atoms with Crippen LogP contribution in [0.4, 0.5) is 0 Å². The summed E-state index contributed by atoms with van der Waals surface area (Å²) in [5.41, 5.74) is 0.